The Hall–Kier alpha value is -1.39. The van der Waals surface area contributed by atoms with Crippen molar-refractivity contribution in [3.63, 3.8) is 0 Å². The summed E-state index contributed by atoms with van der Waals surface area (Å²) in [5.41, 5.74) is 1.87. The van der Waals surface area contributed by atoms with Gasteiger partial charge in [-0.2, -0.15) is 0 Å². The number of methoxy groups -OCH3 is 2. The van der Waals surface area contributed by atoms with Crippen LogP contribution in [-0.2, 0) is 20.7 Å². The number of carbonyl (C=O) groups is 1. The van der Waals surface area contributed by atoms with Gasteiger partial charge in [0.1, 0.15) is 0 Å². The third kappa shape index (κ3) is 3.64. The number of benzene rings is 1. The minimum atomic E-state index is -0.791. The molecule has 0 unspecified atom stereocenters. The van der Waals surface area contributed by atoms with Crippen LogP contribution in [0.2, 0.25) is 0 Å². The van der Waals surface area contributed by atoms with Crippen LogP contribution in [0.1, 0.15) is 23.8 Å². The molecule has 0 bridgehead atoms. The Kier molecular flexibility index (Phi) is 4.95. The van der Waals surface area contributed by atoms with Crippen molar-refractivity contribution in [1.29, 1.82) is 0 Å². The van der Waals surface area contributed by atoms with Gasteiger partial charge in [0.2, 0.25) is 0 Å². The van der Waals surface area contributed by atoms with Crippen LogP contribution in [0.15, 0.2) is 24.3 Å². The molecule has 1 aromatic carbocycles. The van der Waals surface area contributed by atoms with Crippen molar-refractivity contribution in [2.24, 2.45) is 0 Å². The molecule has 1 aromatic rings. The van der Waals surface area contributed by atoms with E-state index >= 15 is 0 Å². The molecule has 0 heterocycles. The molecule has 0 aliphatic rings. The number of hydrogen-bond donors (Lipinski definition) is 1. The van der Waals surface area contributed by atoms with Gasteiger partial charge in [0.25, 0.3) is 0 Å². The molecule has 4 heteroatoms. The Balaban J connectivity index is 2.73. The predicted molar refractivity (Wildman–Crippen MR) is 59.2 cm³/mol. The second kappa shape index (κ2) is 6.25. The zero-order valence-electron chi connectivity index (χ0n) is 9.47. The fourth-order valence-corrected chi connectivity index (χ4v) is 1.51. The van der Waals surface area contributed by atoms with E-state index in [1.807, 2.05) is 24.3 Å². The average molecular weight is 224 g/mol. The van der Waals surface area contributed by atoms with Crippen LogP contribution in [0.4, 0.5) is 0 Å². The van der Waals surface area contributed by atoms with Crippen LogP contribution >= 0.6 is 0 Å². The van der Waals surface area contributed by atoms with Crippen molar-refractivity contribution in [3.05, 3.63) is 35.4 Å². The SMILES string of the molecule is COC(OC)c1cccc(CCC(=O)O)c1. The third-order valence-corrected chi connectivity index (χ3v) is 2.28. The summed E-state index contributed by atoms with van der Waals surface area (Å²) in [6.45, 7) is 0. The molecule has 0 aromatic heterocycles. The van der Waals surface area contributed by atoms with Gasteiger partial charge in [0.15, 0.2) is 6.29 Å². The van der Waals surface area contributed by atoms with Gasteiger partial charge in [-0.05, 0) is 12.0 Å². The first-order valence-corrected chi connectivity index (χ1v) is 5.03. The van der Waals surface area contributed by atoms with Crippen molar-refractivity contribution in [1.82, 2.24) is 0 Å². The summed E-state index contributed by atoms with van der Waals surface area (Å²) in [5, 5.41) is 8.60. The zero-order valence-corrected chi connectivity index (χ0v) is 9.47. The summed E-state index contributed by atoms with van der Waals surface area (Å²) >= 11 is 0. The summed E-state index contributed by atoms with van der Waals surface area (Å²) in [6.07, 6.45) is 0.252. The van der Waals surface area contributed by atoms with Crippen LogP contribution in [-0.4, -0.2) is 25.3 Å². The van der Waals surface area contributed by atoms with E-state index in [1.54, 1.807) is 14.2 Å². The maximum Gasteiger partial charge on any atom is 0.303 e. The van der Waals surface area contributed by atoms with Gasteiger partial charge in [0.05, 0.1) is 0 Å². The molecular formula is C12H16O4. The molecule has 0 fully saturated rings. The Morgan fingerprint density at radius 3 is 2.62 bits per heavy atom. The van der Waals surface area contributed by atoms with Crippen LogP contribution in [0, 0.1) is 0 Å². The van der Waals surface area contributed by atoms with Gasteiger partial charge >= 0.3 is 5.97 Å². The molecule has 0 saturated heterocycles. The van der Waals surface area contributed by atoms with Crippen molar-refractivity contribution in [3.8, 4) is 0 Å². The molecule has 0 atom stereocenters. The average Bonchev–Trinajstić information content (AvgIpc) is 2.29. The standard InChI is InChI=1S/C12H16O4/c1-15-12(16-2)10-5-3-4-9(8-10)6-7-11(13)14/h3-5,8,12H,6-7H2,1-2H3,(H,13,14). The van der Waals surface area contributed by atoms with Crippen molar-refractivity contribution < 1.29 is 19.4 Å². The second-order valence-electron chi connectivity index (χ2n) is 3.44. The summed E-state index contributed by atoms with van der Waals surface area (Å²) in [6, 6.07) is 7.56. The highest BCUT2D eigenvalue weighted by molar-refractivity contribution is 5.67. The fourth-order valence-electron chi connectivity index (χ4n) is 1.51. The lowest BCUT2D eigenvalue weighted by molar-refractivity contribution is -0.136. The Labute approximate surface area is 94.8 Å². The van der Waals surface area contributed by atoms with Gasteiger partial charge in [-0.3, -0.25) is 4.79 Å². The summed E-state index contributed by atoms with van der Waals surface area (Å²) in [7, 11) is 3.14. The highest BCUT2D eigenvalue weighted by atomic mass is 16.7. The van der Waals surface area contributed by atoms with Gasteiger partial charge in [-0.25, -0.2) is 0 Å². The van der Waals surface area contributed by atoms with Crippen molar-refractivity contribution in [2.45, 2.75) is 19.1 Å². The minimum Gasteiger partial charge on any atom is -0.481 e. The number of carboxylic acids is 1. The van der Waals surface area contributed by atoms with E-state index in [1.165, 1.54) is 0 Å². The molecule has 0 radical (unpaired) electrons. The smallest absolute Gasteiger partial charge is 0.303 e. The number of aryl methyl sites for hydroxylation is 1. The molecule has 4 nitrogen and oxygen atoms in total. The van der Waals surface area contributed by atoms with E-state index in [-0.39, 0.29) is 6.42 Å². The number of hydrogen-bond acceptors (Lipinski definition) is 3. The van der Waals surface area contributed by atoms with Crippen LogP contribution in [0.5, 0.6) is 0 Å². The lowest BCUT2D eigenvalue weighted by Gasteiger charge is -2.14. The van der Waals surface area contributed by atoms with Crippen LogP contribution in [0.25, 0.3) is 0 Å². The first kappa shape index (κ1) is 12.7. The van der Waals surface area contributed by atoms with E-state index in [0.717, 1.165) is 11.1 Å². The largest absolute Gasteiger partial charge is 0.481 e. The number of aliphatic carboxylic acids is 1. The van der Waals surface area contributed by atoms with E-state index in [4.69, 9.17) is 14.6 Å². The normalized spacial score (nSPS) is 10.7. The van der Waals surface area contributed by atoms with Crippen molar-refractivity contribution >= 4 is 5.97 Å². The van der Waals surface area contributed by atoms with E-state index in [0.29, 0.717) is 6.42 Å². The molecular weight excluding hydrogens is 208 g/mol. The Bertz CT molecular complexity index is 345. The molecule has 0 aliphatic heterocycles. The minimum absolute atomic E-state index is 0.133. The predicted octanol–water partition coefficient (Wildman–Crippen LogP) is 2.00. The fraction of sp³-hybridized carbons (Fsp3) is 0.417. The summed E-state index contributed by atoms with van der Waals surface area (Å²) < 4.78 is 10.3. The van der Waals surface area contributed by atoms with E-state index in [9.17, 15) is 4.79 Å². The Morgan fingerprint density at radius 2 is 2.06 bits per heavy atom. The third-order valence-electron chi connectivity index (χ3n) is 2.28. The molecule has 0 aliphatic carbocycles. The van der Waals surface area contributed by atoms with Gasteiger partial charge in [-0.1, -0.05) is 24.3 Å². The second-order valence-corrected chi connectivity index (χ2v) is 3.44. The molecule has 0 spiro atoms. The molecule has 88 valence electrons. The zero-order chi connectivity index (χ0) is 12.0. The van der Waals surface area contributed by atoms with Gasteiger partial charge in [-0.15, -0.1) is 0 Å². The number of carboxylic acid groups (broad SMARTS) is 1. The number of ether oxygens (including phenoxy) is 2. The van der Waals surface area contributed by atoms with E-state index < -0.39 is 12.3 Å². The Morgan fingerprint density at radius 1 is 1.38 bits per heavy atom. The molecule has 0 amide bonds. The first-order valence-electron chi connectivity index (χ1n) is 5.03. The maximum absolute atomic E-state index is 10.5. The highest BCUT2D eigenvalue weighted by Crippen LogP contribution is 2.18. The molecule has 1 rings (SSSR count). The van der Waals surface area contributed by atoms with Gasteiger partial charge < -0.3 is 14.6 Å². The van der Waals surface area contributed by atoms with Crippen molar-refractivity contribution in [2.75, 3.05) is 14.2 Å². The van der Waals surface area contributed by atoms with Crippen LogP contribution in [0.3, 0.4) is 0 Å². The lowest BCUT2D eigenvalue weighted by atomic mass is 10.1. The van der Waals surface area contributed by atoms with Crippen LogP contribution < -0.4 is 0 Å². The summed E-state index contributed by atoms with van der Waals surface area (Å²) in [4.78, 5) is 10.5. The lowest BCUT2D eigenvalue weighted by Crippen LogP contribution is -2.04. The monoisotopic (exact) mass is 224 g/mol. The molecule has 16 heavy (non-hydrogen) atoms. The quantitative estimate of drug-likeness (QED) is 0.751. The summed E-state index contributed by atoms with van der Waals surface area (Å²) in [5.74, 6) is -0.791. The molecule has 1 N–H and O–H groups in total. The topological polar surface area (TPSA) is 55.8 Å². The highest BCUT2D eigenvalue weighted by Gasteiger charge is 2.09. The first-order chi connectivity index (χ1) is 7.67. The maximum atomic E-state index is 10.5. The molecule has 0 saturated carbocycles. The number of rotatable bonds is 6. The van der Waals surface area contributed by atoms with E-state index in [2.05, 4.69) is 0 Å². The van der Waals surface area contributed by atoms with Gasteiger partial charge in [0, 0.05) is 26.2 Å².